The molecule has 0 atom stereocenters. The van der Waals surface area contributed by atoms with Crippen LogP contribution in [0.2, 0.25) is 0 Å². The largest absolute Gasteiger partial charge is 0.336 e. The molecule has 1 aromatic heterocycles. The minimum absolute atomic E-state index is 0.0889. The first-order valence-electron chi connectivity index (χ1n) is 6.17. The first-order valence-corrected chi connectivity index (χ1v) is 7.16. The molecule has 2 aromatic rings. The van der Waals surface area contributed by atoms with Gasteiger partial charge in [0.1, 0.15) is 0 Å². The second-order valence-corrected chi connectivity index (χ2v) is 5.17. The number of non-ortho nitro benzene ring substituents is 1. The number of benzene rings is 1. The van der Waals surface area contributed by atoms with Crippen molar-refractivity contribution in [2.24, 2.45) is 0 Å². The SMILES string of the molecule is CCCc1nnc(SCc2ccc([N+](=O)[O-])cc2)n1N. The molecule has 0 unspecified atom stereocenters. The van der Waals surface area contributed by atoms with Gasteiger partial charge in [0, 0.05) is 24.3 Å². The first-order chi connectivity index (χ1) is 9.61. The van der Waals surface area contributed by atoms with Crippen LogP contribution in [-0.2, 0) is 12.2 Å². The highest BCUT2D eigenvalue weighted by molar-refractivity contribution is 7.98. The Morgan fingerprint density at radius 1 is 1.35 bits per heavy atom. The number of nitrogens with two attached hydrogens (primary N) is 1. The maximum atomic E-state index is 10.6. The molecule has 1 aromatic carbocycles. The Balaban J connectivity index is 1.99. The predicted molar refractivity (Wildman–Crippen MR) is 76.8 cm³/mol. The van der Waals surface area contributed by atoms with Gasteiger partial charge in [-0.1, -0.05) is 30.8 Å². The second kappa shape index (κ2) is 6.38. The number of nitrogens with zero attached hydrogens (tertiary/aromatic N) is 4. The van der Waals surface area contributed by atoms with Crippen molar-refractivity contribution in [1.82, 2.24) is 14.9 Å². The van der Waals surface area contributed by atoms with Crippen LogP contribution in [-0.4, -0.2) is 19.8 Å². The Morgan fingerprint density at radius 3 is 2.65 bits per heavy atom. The van der Waals surface area contributed by atoms with Crippen molar-refractivity contribution in [2.45, 2.75) is 30.7 Å². The zero-order chi connectivity index (χ0) is 14.5. The van der Waals surface area contributed by atoms with E-state index in [9.17, 15) is 10.1 Å². The molecule has 20 heavy (non-hydrogen) atoms. The van der Waals surface area contributed by atoms with E-state index in [1.807, 2.05) is 0 Å². The maximum absolute atomic E-state index is 10.6. The van der Waals surface area contributed by atoms with Gasteiger partial charge in [0.05, 0.1) is 4.92 Å². The number of nitrogen functional groups attached to an aromatic ring is 1. The Labute approximate surface area is 120 Å². The van der Waals surface area contributed by atoms with Crippen LogP contribution in [0.5, 0.6) is 0 Å². The summed E-state index contributed by atoms with van der Waals surface area (Å²) in [5.74, 6) is 7.30. The van der Waals surface area contributed by atoms with Gasteiger partial charge in [0.2, 0.25) is 5.16 Å². The molecular weight excluding hydrogens is 278 g/mol. The van der Waals surface area contributed by atoms with Crippen LogP contribution in [0.15, 0.2) is 29.4 Å². The van der Waals surface area contributed by atoms with Crippen molar-refractivity contribution < 1.29 is 4.92 Å². The van der Waals surface area contributed by atoms with E-state index in [1.54, 1.807) is 12.1 Å². The van der Waals surface area contributed by atoms with E-state index in [0.29, 0.717) is 10.9 Å². The van der Waals surface area contributed by atoms with Crippen LogP contribution in [0.1, 0.15) is 24.7 Å². The van der Waals surface area contributed by atoms with Gasteiger partial charge in [-0.2, -0.15) is 0 Å². The molecule has 0 radical (unpaired) electrons. The third kappa shape index (κ3) is 3.27. The molecule has 0 aliphatic heterocycles. The van der Waals surface area contributed by atoms with Gasteiger partial charge in [-0.05, 0) is 12.0 Å². The average Bonchev–Trinajstić information content (AvgIpc) is 2.79. The predicted octanol–water partition coefficient (Wildman–Crippen LogP) is 2.14. The highest BCUT2D eigenvalue weighted by atomic mass is 32.2. The standard InChI is InChI=1S/C12H15N5O2S/c1-2-3-11-14-15-12(16(11)13)20-8-9-4-6-10(7-5-9)17(18)19/h4-7H,2-3,8,13H2,1H3. The Kier molecular flexibility index (Phi) is 4.57. The molecule has 0 spiro atoms. The maximum Gasteiger partial charge on any atom is 0.269 e. The Hall–Kier alpha value is -2.09. The highest BCUT2D eigenvalue weighted by Crippen LogP contribution is 2.22. The summed E-state index contributed by atoms with van der Waals surface area (Å²) in [6.45, 7) is 2.05. The van der Waals surface area contributed by atoms with Crippen molar-refractivity contribution in [3.05, 3.63) is 45.8 Å². The van der Waals surface area contributed by atoms with Crippen LogP contribution in [0.25, 0.3) is 0 Å². The average molecular weight is 293 g/mol. The topological polar surface area (TPSA) is 99.9 Å². The molecule has 1 heterocycles. The van der Waals surface area contributed by atoms with E-state index in [2.05, 4.69) is 17.1 Å². The molecular formula is C12H15N5O2S. The summed E-state index contributed by atoms with van der Waals surface area (Å²) < 4.78 is 1.50. The molecule has 0 aliphatic carbocycles. The lowest BCUT2D eigenvalue weighted by Gasteiger charge is -2.03. The number of hydrogen-bond donors (Lipinski definition) is 1. The fraction of sp³-hybridized carbons (Fsp3) is 0.333. The fourth-order valence-electron chi connectivity index (χ4n) is 1.66. The third-order valence-corrected chi connectivity index (χ3v) is 3.74. The van der Waals surface area contributed by atoms with E-state index in [4.69, 9.17) is 5.84 Å². The minimum Gasteiger partial charge on any atom is -0.336 e. The molecule has 0 saturated carbocycles. The van der Waals surface area contributed by atoms with Crippen molar-refractivity contribution in [1.29, 1.82) is 0 Å². The summed E-state index contributed by atoms with van der Waals surface area (Å²) in [6, 6.07) is 6.45. The smallest absolute Gasteiger partial charge is 0.269 e. The summed E-state index contributed by atoms with van der Waals surface area (Å²) in [6.07, 6.45) is 1.75. The zero-order valence-corrected chi connectivity index (χ0v) is 11.8. The monoisotopic (exact) mass is 293 g/mol. The highest BCUT2D eigenvalue weighted by Gasteiger charge is 2.10. The number of nitro benzene ring substituents is 1. The van der Waals surface area contributed by atoms with Crippen molar-refractivity contribution in [2.75, 3.05) is 5.84 Å². The molecule has 0 amide bonds. The summed E-state index contributed by atoms with van der Waals surface area (Å²) in [5.41, 5.74) is 1.06. The second-order valence-electron chi connectivity index (χ2n) is 4.23. The molecule has 0 fully saturated rings. The molecule has 7 nitrogen and oxygen atoms in total. The molecule has 0 aliphatic rings. The summed E-state index contributed by atoms with van der Waals surface area (Å²) >= 11 is 1.46. The number of hydrogen-bond acceptors (Lipinski definition) is 6. The number of aryl methyl sites for hydroxylation is 1. The number of nitro groups is 1. The van der Waals surface area contributed by atoms with Gasteiger partial charge >= 0.3 is 0 Å². The minimum atomic E-state index is -0.412. The van der Waals surface area contributed by atoms with Crippen LogP contribution in [0.3, 0.4) is 0 Å². The van der Waals surface area contributed by atoms with Crippen molar-refractivity contribution in [3.8, 4) is 0 Å². The Morgan fingerprint density at radius 2 is 2.05 bits per heavy atom. The van der Waals surface area contributed by atoms with Gasteiger partial charge in [-0.15, -0.1) is 10.2 Å². The number of aromatic nitrogens is 3. The van der Waals surface area contributed by atoms with Crippen LogP contribution in [0, 0.1) is 10.1 Å². The number of thioether (sulfide) groups is 1. The summed E-state index contributed by atoms with van der Waals surface area (Å²) in [7, 11) is 0. The van der Waals surface area contributed by atoms with E-state index in [-0.39, 0.29) is 5.69 Å². The fourth-order valence-corrected chi connectivity index (χ4v) is 2.49. The summed E-state index contributed by atoms with van der Waals surface area (Å²) in [5, 5.41) is 19.3. The van der Waals surface area contributed by atoms with Gasteiger partial charge in [-0.3, -0.25) is 10.1 Å². The van der Waals surface area contributed by atoms with Gasteiger partial charge < -0.3 is 5.84 Å². The van der Waals surface area contributed by atoms with E-state index in [0.717, 1.165) is 24.2 Å². The third-order valence-electron chi connectivity index (χ3n) is 2.72. The molecule has 8 heteroatoms. The van der Waals surface area contributed by atoms with Gasteiger partial charge in [0.25, 0.3) is 5.69 Å². The lowest BCUT2D eigenvalue weighted by Crippen LogP contribution is -2.13. The lowest BCUT2D eigenvalue weighted by molar-refractivity contribution is -0.384. The number of rotatable bonds is 6. The molecule has 2 rings (SSSR count). The summed E-state index contributed by atoms with van der Waals surface area (Å²) in [4.78, 5) is 10.2. The van der Waals surface area contributed by atoms with E-state index in [1.165, 1.54) is 28.6 Å². The quantitative estimate of drug-likeness (QED) is 0.379. The molecule has 2 N–H and O–H groups in total. The molecule has 0 saturated heterocycles. The van der Waals surface area contributed by atoms with Crippen molar-refractivity contribution >= 4 is 17.4 Å². The molecule has 106 valence electrons. The van der Waals surface area contributed by atoms with E-state index < -0.39 is 4.92 Å². The lowest BCUT2D eigenvalue weighted by atomic mass is 10.2. The first kappa shape index (κ1) is 14.3. The van der Waals surface area contributed by atoms with Gasteiger partial charge in [-0.25, -0.2) is 4.68 Å². The molecule has 0 bridgehead atoms. The Bertz CT molecular complexity index is 596. The van der Waals surface area contributed by atoms with Gasteiger partial charge in [0.15, 0.2) is 5.82 Å². The zero-order valence-electron chi connectivity index (χ0n) is 11.0. The van der Waals surface area contributed by atoms with Crippen molar-refractivity contribution in [3.63, 3.8) is 0 Å². The normalized spacial score (nSPS) is 10.7. The van der Waals surface area contributed by atoms with Crippen LogP contribution >= 0.6 is 11.8 Å². The van der Waals surface area contributed by atoms with Crippen LogP contribution < -0.4 is 5.84 Å². The van der Waals surface area contributed by atoms with Crippen LogP contribution in [0.4, 0.5) is 5.69 Å². The van der Waals surface area contributed by atoms with E-state index >= 15 is 0 Å².